The molecule has 1 aromatic heterocycles. The normalized spacial score (nSPS) is 10.3. The Bertz CT molecular complexity index is 889. The van der Waals surface area contributed by atoms with Gasteiger partial charge in [-0.15, -0.1) is 0 Å². The van der Waals surface area contributed by atoms with E-state index in [1.807, 2.05) is 42.5 Å². The van der Waals surface area contributed by atoms with Gasteiger partial charge >= 0.3 is 0 Å². The standard InChI is InChI=1S/C22H19FN2.H3N/c1-17(12-13-19-8-2-3-10-21(19)23)25-16-18-7-6-9-20(15-18)22-11-4-5-14-24-22;/h2-15,25H,1,16H2;1H3/b13-12+;. The van der Waals surface area contributed by atoms with Gasteiger partial charge in [-0.1, -0.05) is 55.1 Å². The maximum Gasteiger partial charge on any atom is 0.130 e. The fourth-order valence-electron chi connectivity index (χ4n) is 2.45. The molecular formula is C22H22FN3. The molecule has 3 nitrogen and oxygen atoms in total. The van der Waals surface area contributed by atoms with Crippen LogP contribution in [0.1, 0.15) is 11.1 Å². The molecule has 3 rings (SSSR count). The molecule has 0 radical (unpaired) electrons. The molecule has 0 amide bonds. The van der Waals surface area contributed by atoms with Crippen LogP contribution in [0.2, 0.25) is 0 Å². The Balaban J connectivity index is 0.00000243. The van der Waals surface area contributed by atoms with E-state index in [1.165, 1.54) is 6.07 Å². The molecule has 26 heavy (non-hydrogen) atoms. The van der Waals surface area contributed by atoms with Crippen LogP contribution >= 0.6 is 0 Å². The highest BCUT2D eigenvalue weighted by Crippen LogP contribution is 2.18. The summed E-state index contributed by atoms with van der Waals surface area (Å²) in [7, 11) is 0. The number of nitrogens with one attached hydrogen (secondary N) is 1. The van der Waals surface area contributed by atoms with Crippen molar-refractivity contribution in [3.8, 4) is 11.3 Å². The van der Waals surface area contributed by atoms with E-state index in [-0.39, 0.29) is 12.0 Å². The lowest BCUT2D eigenvalue weighted by Crippen LogP contribution is -2.10. The predicted molar refractivity (Wildman–Crippen MR) is 106 cm³/mol. The number of rotatable bonds is 6. The fraction of sp³-hybridized carbons (Fsp3) is 0.0455. The summed E-state index contributed by atoms with van der Waals surface area (Å²) in [5.41, 5.74) is 4.42. The third-order valence-electron chi connectivity index (χ3n) is 3.78. The van der Waals surface area contributed by atoms with Gasteiger partial charge in [-0.2, -0.15) is 0 Å². The van der Waals surface area contributed by atoms with Gasteiger partial charge in [-0.25, -0.2) is 4.39 Å². The van der Waals surface area contributed by atoms with Gasteiger partial charge in [0.15, 0.2) is 0 Å². The van der Waals surface area contributed by atoms with Gasteiger partial charge in [0, 0.05) is 29.6 Å². The van der Waals surface area contributed by atoms with Gasteiger partial charge in [0.2, 0.25) is 0 Å². The van der Waals surface area contributed by atoms with Crippen LogP contribution in [0.15, 0.2) is 91.3 Å². The first kappa shape index (κ1) is 19.1. The summed E-state index contributed by atoms with van der Waals surface area (Å²) >= 11 is 0. The maximum absolute atomic E-state index is 13.6. The first-order chi connectivity index (χ1) is 12.2. The topological polar surface area (TPSA) is 59.9 Å². The minimum Gasteiger partial charge on any atom is -0.381 e. The van der Waals surface area contributed by atoms with Gasteiger partial charge in [-0.05, 0) is 35.9 Å². The number of hydrogen-bond donors (Lipinski definition) is 2. The van der Waals surface area contributed by atoms with E-state index in [0.717, 1.165) is 22.5 Å². The van der Waals surface area contributed by atoms with Crippen molar-refractivity contribution in [3.05, 3.63) is 108 Å². The van der Waals surface area contributed by atoms with Crippen LogP contribution in [-0.4, -0.2) is 4.98 Å². The molecule has 0 bridgehead atoms. The molecule has 4 N–H and O–H groups in total. The number of benzene rings is 2. The van der Waals surface area contributed by atoms with Crippen LogP contribution in [-0.2, 0) is 6.54 Å². The van der Waals surface area contributed by atoms with E-state index in [4.69, 9.17) is 0 Å². The van der Waals surface area contributed by atoms with Crippen molar-refractivity contribution in [2.45, 2.75) is 6.54 Å². The van der Waals surface area contributed by atoms with Gasteiger partial charge in [0.05, 0.1) is 5.69 Å². The second-order valence-corrected chi connectivity index (χ2v) is 5.65. The van der Waals surface area contributed by atoms with Crippen molar-refractivity contribution in [1.29, 1.82) is 0 Å². The highest BCUT2D eigenvalue weighted by molar-refractivity contribution is 5.59. The molecule has 0 atom stereocenters. The summed E-state index contributed by atoms with van der Waals surface area (Å²) in [5.74, 6) is -0.241. The van der Waals surface area contributed by atoms with Gasteiger partial charge < -0.3 is 11.5 Å². The van der Waals surface area contributed by atoms with E-state index in [2.05, 4.69) is 22.9 Å². The third kappa shape index (κ3) is 5.13. The molecule has 3 aromatic rings. The molecule has 0 aliphatic rings. The van der Waals surface area contributed by atoms with E-state index < -0.39 is 0 Å². The second-order valence-electron chi connectivity index (χ2n) is 5.65. The summed E-state index contributed by atoms with van der Waals surface area (Å²) in [4.78, 5) is 4.37. The number of pyridine rings is 1. The lowest BCUT2D eigenvalue weighted by Gasteiger charge is -2.08. The van der Waals surface area contributed by atoms with E-state index in [0.29, 0.717) is 12.1 Å². The van der Waals surface area contributed by atoms with Crippen molar-refractivity contribution in [2.24, 2.45) is 0 Å². The average molecular weight is 347 g/mol. The largest absolute Gasteiger partial charge is 0.381 e. The molecule has 0 fully saturated rings. The molecule has 132 valence electrons. The van der Waals surface area contributed by atoms with Crippen molar-refractivity contribution >= 4 is 6.08 Å². The molecule has 0 spiro atoms. The molecule has 1 heterocycles. The van der Waals surface area contributed by atoms with Crippen LogP contribution in [0, 0.1) is 5.82 Å². The van der Waals surface area contributed by atoms with E-state index in [9.17, 15) is 4.39 Å². The SMILES string of the molecule is C=C(/C=C/c1ccccc1F)NCc1cccc(-c2ccccn2)c1.N. The summed E-state index contributed by atoms with van der Waals surface area (Å²) in [6, 6.07) is 20.7. The highest BCUT2D eigenvalue weighted by Gasteiger charge is 2.00. The first-order valence-corrected chi connectivity index (χ1v) is 8.08. The Labute approximate surface area is 153 Å². The highest BCUT2D eigenvalue weighted by atomic mass is 19.1. The smallest absolute Gasteiger partial charge is 0.130 e. The zero-order chi connectivity index (χ0) is 17.5. The van der Waals surface area contributed by atoms with Gasteiger partial charge in [-0.3, -0.25) is 4.98 Å². The Morgan fingerprint density at radius 2 is 1.85 bits per heavy atom. The summed E-state index contributed by atoms with van der Waals surface area (Å²) in [6.45, 7) is 4.60. The number of nitrogens with zero attached hydrogens (tertiary/aromatic N) is 1. The van der Waals surface area contributed by atoms with E-state index in [1.54, 1.807) is 30.5 Å². The minimum atomic E-state index is -0.241. The second kappa shape index (κ2) is 9.30. The summed E-state index contributed by atoms with van der Waals surface area (Å²) in [6.07, 6.45) is 5.28. The Hall–Kier alpha value is -3.24. The number of hydrogen-bond acceptors (Lipinski definition) is 3. The maximum atomic E-state index is 13.6. The molecule has 0 saturated heterocycles. The van der Waals surface area contributed by atoms with Crippen LogP contribution in [0.5, 0.6) is 0 Å². The van der Waals surface area contributed by atoms with Gasteiger partial charge in [0.1, 0.15) is 5.82 Å². The Morgan fingerprint density at radius 3 is 2.62 bits per heavy atom. The van der Waals surface area contributed by atoms with Crippen LogP contribution in [0.25, 0.3) is 17.3 Å². The number of aromatic nitrogens is 1. The van der Waals surface area contributed by atoms with Crippen molar-refractivity contribution in [3.63, 3.8) is 0 Å². The molecule has 0 aliphatic carbocycles. The quantitative estimate of drug-likeness (QED) is 0.590. The van der Waals surface area contributed by atoms with Crippen molar-refractivity contribution < 1.29 is 4.39 Å². The number of halogens is 1. The molecule has 0 aliphatic heterocycles. The third-order valence-corrected chi connectivity index (χ3v) is 3.78. The Kier molecular flexibility index (Phi) is 6.83. The zero-order valence-electron chi connectivity index (χ0n) is 14.5. The van der Waals surface area contributed by atoms with Crippen LogP contribution in [0.3, 0.4) is 0 Å². The molecule has 0 unspecified atom stereocenters. The monoisotopic (exact) mass is 347 g/mol. The molecule has 2 aromatic carbocycles. The number of allylic oxidation sites excluding steroid dienone is 1. The van der Waals surface area contributed by atoms with Crippen LogP contribution in [0.4, 0.5) is 4.39 Å². The Morgan fingerprint density at radius 1 is 1.04 bits per heavy atom. The van der Waals surface area contributed by atoms with Crippen LogP contribution < -0.4 is 11.5 Å². The summed E-state index contributed by atoms with van der Waals surface area (Å²) in [5, 5.41) is 3.24. The first-order valence-electron chi connectivity index (χ1n) is 8.08. The van der Waals surface area contributed by atoms with Crippen molar-refractivity contribution in [2.75, 3.05) is 0 Å². The molecule has 4 heteroatoms. The summed E-state index contributed by atoms with van der Waals surface area (Å²) < 4.78 is 13.6. The van der Waals surface area contributed by atoms with E-state index >= 15 is 0 Å². The zero-order valence-corrected chi connectivity index (χ0v) is 14.5. The lowest BCUT2D eigenvalue weighted by molar-refractivity contribution is 0.625. The van der Waals surface area contributed by atoms with Gasteiger partial charge in [0.25, 0.3) is 0 Å². The lowest BCUT2D eigenvalue weighted by atomic mass is 10.1. The van der Waals surface area contributed by atoms with Crippen molar-refractivity contribution in [1.82, 2.24) is 16.5 Å². The predicted octanol–water partition coefficient (Wildman–Crippen LogP) is 5.37. The minimum absolute atomic E-state index is 0. The molecule has 0 saturated carbocycles. The average Bonchev–Trinajstić information content (AvgIpc) is 2.67. The molecular weight excluding hydrogens is 325 g/mol. The fourth-order valence-corrected chi connectivity index (χ4v) is 2.45.